The molecule has 6 heteroatoms. The summed E-state index contributed by atoms with van der Waals surface area (Å²) in [6.45, 7) is 10.5. The Balaban J connectivity index is 1.66. The molecule has 2 aliphatic heterocycles. The predicted octanol–water partition coefficient (Wildman–Crippen LogP) is 0.988. The van der Waals surface area contributed by atoms with Crippen molar-refractivity contribution in [1.29, 1.82) is 0 Å². The van der Waals surface area contributed by atoms with Crippen LogP contribution in [0.3, 0.4) is 0 Å². The Morgan fingerprint density at radius 1 is 1.09 bits per heavy atom. The minimum absolute atomic E-state index is 0.153. The Kier molecular flexibility index (Phi) is 6.59. The Hall–Kier alpha value is -0.720. The molecule has 2 heterocycles. The molecule has 2 aliphatic rings. The molecule has 2 saturated heterocycles. The third kappa shape index (κ3) is 4.64. The molecular formula is C16H30FN3O2. The smallest absolute Gasteiger partial charge is 0.341 e. The minimum atomic E-state index is -1.53. The number of halogens is 1. The van der Waals surface area contributed by atoms with E-state index in [0.29, 0.717) is 12.1 Å². The van der Waals surface area contributed by atoms with E-state index in [-0.39, 0.29) is 6.54 Å². The first kappa shape index (κ1) is 17.6. The first-order valence-electron chi connectivity index (χ1n) is 8.43. The summed E-state index contributed by atoms with van der Waals surface area (Å²) >= 11 is 0. The van der Waals surface area contributed by atoms with Crippen LogP contribution in [-0.2, 0) is 9.53 Å². The van der Waals surface area contributed by atoms with E-state index >= 15 is 0 Å². The molecule has 0 radical (unpaired) electrons. The van der Waals surface area contributed by atoms with Gasteiger partial charge in [-0.3, -0.25) is 14.7 Å². The zero-order chi connectivity index (χ0) is 16.1. The van der Waals surface area contributed by atoms with Gasteiger partial charge in [-0.1, -0.05) is 0 Å². The lowest BCUT2D eigenvalue weighted by Gasteiger charge is -2.36. The second kappa shape index (κ2) is 8.22. The fourth-order valence-corrected chi connectivity index (χ4v) is 3.57. The van der Waals surface area contributed by atoms with Gasteiger partial charge in [-0.25, -0.2) is 9.18 Å². The zero-order valence-electron chi connectivity index (χ0n) is 14.1. The Bertz CT molecular complexity index is 351. The lowest BCUT2D eigenvalue weighted by atomic mass is 10.2. The topological polar surface area (TPSA) is 36.0 Å². The molecule has 0 amide bonds. The van der Waals surface area contributed by atoms with Crippen molar-refractivity contribution in [1.82, 2.24) is 14.7 Å². The lowest BCUT2D eigenvalue weighted by molar-refractivity contribution is -0.147. The van der Waals surface area contributed by atoms with Crippen LogP contribution in [0.15, 0.2) is 0 Å². The van der Waals surface area contributed by atoms with Gasteiger partial charge in [-0.2, -0.15) is 0 Å². The lowest BCUT2D eigenvalue weighted by Crippen LogP contribution is -2.51. The second-order valence-corrected chi connectivity index (χ2v) is 6.65. The van der Waals surface area contributed by atoms with Crippen molar-refractivity contribution in [3.63, 3.8) is 0 Å². The number of ether oxygens (including phenoxy) is 1. The Labute approximate surface area is 133 Å². The van der Waals surface area contributed by atoms with Crippen LogP contribution in [0.1, 0.15) is 26.7 Å². The number of alkyl halides is 1. The van der Waals surface area contributed by atoms with E-state index in [1.54, 1.807) is 0 Å². The van der Waals surface area contributed by atoms with Crippen LogP contribution in [0.4, 0.5) is 4.39 Å². The van der Waals surface area contributed by atoms with E-state index < -0.39 is 12.1 Å². The molecule has 0 aromatic heterocycles. The van der Waals surface area contributed by atoms with E-state index in [0.717, 1.165) is 39.3 Å². The van der Waals surface area contributed by atoms with Gasteiger partial charge in [0.25, 0.3) is 0 Å². The molecule has 0 saturated carbocycles. The van der Waals surface area contributed by atoms with Crippen LogP contribution in [0.25, 0.3) is 0 Å². The number of likely N-dealkylation sites (tertiary alicyclic amines) is 1. The molecule has 0 aliphatic carbocycles. The molecule has 22 heavy (non-hydrogen) atoms. The van der Waals surface area contributed by atoms with Crippen molar-refractivity contribution < 1.29 is 13.9 Å². The van der Waals surface area contributed by atoms with Crippen LogP contribution in [0.2, 0.25) is 0 Å². The van der Waals surface area contributed by atoms with Gasteiger partial charge in [0.2, 0.25) is 6.17 Å². The van der Waals surface area contributed by atoms with Crippen molar-refractivity contribution in [3.05, 3.63) is 0 Å². The summed E-state index contributed by atoms with van der Waals surface area (Å²) in [6.07, 6.45) is 1.09. The van der Waals surface area contributed by atoms with Crippen LogP contribution in [-0.4, -0.2) is 91.8 Å². The molecule has 128 valence electrons. The minimum Gasteiger partial charge on any atom is -0.467 e. The van der Waals surface area contributed by atoms with Gasteiger partial charge in [0.05, 0.1) is 7.11 Å². The van der Waals surface area contributed by atoms with Gasteiger partial charge in [-0.15, -0.1) is 0 Å². The van der Waals surface area contributed by atoms with E-state index in [4.69, 9.17) is 0 Å². The highest BCUT2D eigenvalue weighted by atomic mass is 19.1. The number of hydrogen-bond acceptors (Lipinski definition) is 5. The van der Waals surface area contributed by atoms with Gasteiger partial charge >= 0.3 is 5.97 Å². The summed E-state index contributed by atoms with van der Waals surface area (Å²) in [7, 11) is 1.23. The molecule has 2 fully saturated rings. The standard InChI is InChI=1S/C16H30FN3O2/c1-13-4-5-14(2)20(13)11-10-18-6-8-19(9-7-18)12-15(17)16(21)22-3/h13-15H,4-12H2,1-3H3/t13-,14+,15-/m1/s1. The number of methoxy groups -OCH3 is 1. The summed E-state index contributed by atoms with van der Waals surface area (Å²) in [5.41, 5.74) is 0. The highest BCUT2D eigenvalue weighted by Gasteiger charge is 2.28. The molecule has 0 N–H and O–H groups in total. The molecule has 0 unspecified atom stereocenters. The van der Waals surface area contributed by atoms with Crippen LogP contribution < -0.4 is 0 Å². The maximum atomic E-state index is 13.6. The predicted molar refractivity (Wildman–Crippen MR) is 84.7 cm³/mol. The van der Waals surface area contributed by atoms with E-state index in [9.17, 15) is 9.18 Å². The molecule has 3 atom stereocenters. The number of rotatable bonds is 6. The normalized spacial score (nSPS) is 29.6. The number of nitrogens with zero attached hydrogens (tertiary/aromatic N) is 3. The highest BCUT2D eigenvalue weighted by Crippen LogP contribution is 2.22. The fourth-order valence-electron chi connectivity index (χ4n) is 3.57. The summed E-state index contributed by atoms with van der Waals surface area (Å²) in [6, 6.07) is 1.40. The second-order valence-electron chi connectivity index (χ2n) is 6.65. The van der Waals surface area contributed by atoms with Crippen molar-refractivity contribution in [2.75, 3.05) is 52.9 Å². The summed E-state index contributed by atoms with van der Waals surface area (Å²) in [5, 5.41) is 0. The molecule has 0 bridgehead atoms. The first-order chi connectivity index (χ1) is 10.5. The molecule has 2 rings (SSSR count). The van der Waals surface area contributed by atoms with Gasteiger partial charge in [0, 0.05) is 57.9 Å². The van der Waals surface area contributed by atoms with Gasteiger partial charge < -0.3 is 4.74 Å². The average molecular weight is 315 g/mol. The van der Waals surface area contributed by atoms with E-state index in [1.807, 2.05) is 4.90 Å². The quantitative estimate of drug-likeness (QED) is 0.683. The Morgan fingerprint density at radius 3 is 2.18 bits per heavy atom. The molecule has 5 nitrogen and oxygen atoms in total. The SMILES string of the molecule is COC(=O)[C@H](F)CN1CCN(CCN2[C@H](C)CC[C@@H]2C)CC1. The highest BCUT2D eigenvalue weighted by molar-refractivity contribution is 5.74. The molecule has 0 aromatic rings. The third-order valence-corrected chi connectivity index (χ3v) is 5.15. The monoisotopic (exact) mass is 315 g/mol. The maximum absolute atomic E-state index is 13.6. The van der Waals surface area contributed by atoms with Gasteiger partial charge in [-0.05, 0) is 26.7 Å². The van der Waals surface area contributed by atoms with Crippen molar-refractivity contribution in [2.45, 2.75) is 44.9 Å². The number of esters is 1. The molecule has 0 spiro atoms. The van der Waals surface area contributed by atoms with E-state index in [2.05, 4.69) is 28.4 Å². The molecule has 0 aromatic carbocycles. The number of carbonyl (C=O) groups excluding carboxylic acids is 1. The van der Waals surface area contributed by atoms with Crippen LogP contribution in [0.5, 0.6) is 0 Å². The van der Waals surface area contributed by atoms with Crippen molar-refractivity contribution >= 4 is 5.97 Å². The number of hydrogen-bond donors (Lipinski definition) is 0. The van der Waals surface area contributed by atoms with E-state index in [1.165, 1.54) is 20.0 Å². The van der Waals surface area contributed by atoms with Crippen LogP contribution >= 0.6 is 0 Å². The van der Waals surface area contributed by atoms with Crippen LogP contribution in [0, 0.1) is 0 Å². The first-order valence-corrected chi connectivity index (χ1v) is 8.43. The molecular weight excluding hydrogens is 285 g/mol. The van der Waals surface area contributed by atoms with Gasteiger partial charge in [0.1, 0.15) is 0 Å². The zero-order valence-corrected chi connectivity index (χ0v) is 14.1. The summed E-state index contributed by atoms with van der Waals surface area (Å²) in [4.78, 5) is 18.2. The number of piperazine rings is 1. The maximum Gasteiger partial charge on any atom is 0.341 e. The fraction of sp³-hybridized carbons (Fsp3) is 0.938. The largest absolute Gasteiger partial charge is 0.467 e. The number of carbonyl (C=O) groups is 1. The Morgan fingerprint density at radius 2 is 1.64 bits per heavy atom. The van der Waals surface area contributed by atoms with Crippen molar-refractivity contribution in [2.24, 2.45) is 0 Å². The third-order valence-electron chi connectivity index (χ3n) is 5.15. The summed E-state index contributed by atoms with van der Waals surface area (Å²) < 4.78 is 18.0. The van der Waals surface area contributed by atoms with Crippen molar-refractivity contribution in [3.8, 4) is 0 Å². The van der Waals surface area contributed by atoms with Gasteiger partial charge in [0.15, 0.2) is 0 Å². The summed E-state index contributed by atoms with van der Waals surface area (Å²) in [5.74, 6) is -0.764. The average Bonchev–Trinajstić information content (AvgIpc) is 2.84.